The molecule has 1 aliphatic heterocycles. The number of amides is 1. The highest BCUT2D eigenvalue weighted by atomic mass is 19.3. The van der Waals surface area contributed by atoms with Crippen molar-refractivity contribution in [3.8, 4) is 0 Å². The highest BCUT2D eigenvalue weighted by Gasteiger charge is 2.47. The van der Waals surface area contributed by atoms with E-state index in [0.29, 0.717) is 0 Å². The second-order valence-corrected chi connectivity index (χ2v) is 6.93. The molecule has 2 N–H and O–H groups in total. The van der Waals surface area contributed by atoms with Crippen molar-refractivity contribution in [3.05, 3.63) is 48.0 Å². The van der Waals surface area contributed by atoms with Crippen LogP contribution < -0.4 is 5.32 Å². The number of hydrogen-bond donors (Lipinski definition) is 2. The molecule has 1 saturated heterocycles. The topological polar surface area (TPSA) is 49.3 Å². The van der Waals surface area contributed by atoms with Gasteiger partial charge in [0, 0.05) is 6.42 Å². The van der Waals surface area contributed by atoms with E-state index in [1.165, 1.54) is 17.7 Å². The number of aliphatic hydroxyl groups excluding tert-OH is 1. The Morgan fingerprint density at radius 2 is 2.00 bits per heavy atom. The number of hydrogen-bond acceptors (Lipinski definition) is 2. The van der Waals surface area contributed by atoms with Crippen molar-refractivity contribution >= 4 is 5.91 Å². The Morgan fingerprint density at radius 1 is 1.28 bits per heavy atom. The van der Waals surface area contributed by atoms with Gasteiger partial charge in [-0.05, 0) is 30.7 Å². The Balaban J connectivity index is 1.62. The van der Waals surface area contributed by atoms with Crippen LogP contribution in [0.4, 0.5) is 8.78 Å². The van der Waals surface area contributed by atoms with Crippen molar-refractivity contribution < 1.29 is 18.7 Å². The van der Waals surface area contributed by atoms with Gasteiger partial charge in [0.2, 0.25) is 0 Å². The van der Waals surface area contributed by atoms with Crippen molar-refractivity contribution in [1.29, 1.82) is 0 Å². The van der Waals surface area contributed by atoms with Crippen LogP contribution in [-0.4, -0.2) is 29.1 Å². The number of halogens is 2. The lowest BCUT2D eigenvalue weighted by Gasteiger charge is -2.16. The van der Waals surface area contributed by atoms with Crippen molar-refractivity contribution in [2.75, 3.05) is 0 Å². The molecule has 138 valence electrons. The van der Waals surface area contributed by atoms with E-state index in [4.69, 9.17) is 0 Å². The first kappa shape index (κ1) is 19.6. The van der Waals surface area contributed by atoms with Crippen molar-refractivity contribution in [1.82, 2.24) is 5.32 Å². The Kier molecular flexibility index (Phi) is 7.12. The number of aryl methyl sites for hydroxylation is 1. The fourth-order valence-electron chi connectivity index (χ4n) is 3.04. The third-order valence-electron chi connectivity index (χ3n) is 4.72. The maximum absolute atomic E-state index is 13.1. The Bertz CT molecular complexity index is 574. The summed E-state index contributed by atoms with van der Waals surface area (Å²) < 4.78 is 26.2. The van der Waals surface area contributed by atoms with Crippen molar-refractivity contribution in [2.45, 2.75) is 63.5 Å². The van der Waals surface area contributed by atoms with Crippen LogP contribution in [0.1, 0.15) is 44.6 Å². The van der Waals surface area contributed by atoms with E-state index >= 15 is 0 Å². The summed E-state index contributed by atoms with van der Waals surface area (Å²) in [5.74, 6) is -4.47. The highest BCUT2D eigenvalue weighted by molar-refractivity contribution is 5.86. The summed E-state index contributed by atoms with van der Waals surface area (Å²) in [5.41, 5.74) is 1.34. The molecule has 1 aliphatic rings. The van der Waals surface area contributed by atoms with Gasteiger partial charge in [0.25, 0.3) is 5.91 Å². The van der Waals surface area contributed by atoms with E-state index in [2.05, 4.69) is 17.4 Å². The zero-order valence-electron chi connectivity index (χ0n) is 14.6. The Hall–Kier alpha value is -1.75. The highest BCUT2D eigenvalue weighted by Crippen LogP contribution is 2.27. The van der Waals surface area contributed by atoms with E-state index in [9.17, 15) is 18.7 Å². The summed E-state index contributed by atoms with van der Waals surface area (Å²) in [5, 5.41) is 12.3. The van der Waals surface area contributed by atoms with Crippen LogP contribution in [-0.2, 0) is 11.2 Å². The molecule has 5 heteroatoms. The molecule has 0 aromatic heterocycles. The first-order valence-electron chi connectivity index (χ1n) is 8.97. The van der Waals surface area contributed by atoms with Crippen molar-refractivity contribution in [3.63, 3.8) is 0 Å². The zero-order valence-corrected chi connectivity index (χ0v) is 14.6. The van der Waals surface area contributed by atoms with Crippen LogP contribution >= 0.6 is 0 Å². The van der Waals surface area contributed by atoms with E-state index in [0.717, 1.165) is 32.1 Å². The molecule has 1 aromatic rings. The van der Waals surface area contributed by atoms with E-state index < -0.39 is 30.4 Å². The molecule has 0 unspecified atom stereocenters. The normalized spacial score (nSPS) is 22.1. The molecular weight excluding hydrogens is 324 g/mol. The number of benzene rings is 1. The van der Waals surface area contributed by atoms with Gasteiger partial charge in [0.1, 0.15) is 0 Å². The number of carbonyl (C=O) groups excluding carboxylic acids is 1. The van der Waals surface area contributed by atoms with Crippen molar-refractivity contribution in [2.24, 2.45) is 5.92 Å². The van der Waals surface area contributed by atoms with E-state index in [1.54, 1.807) is 0 Å². The number of aliphatic hydroxyl groups is 1. The zero-order chi connectivity index (χ0) is 18.3. The molecule has 0 radical (unpaired) electrons. The predicted molar refractivity (Wildman–Crippen MR) is 94.4 cm³/mol. The standard InChI is InChI=1S/C20H27F2NO2/c1-15(8-4-2-5-9-16-10-6-3-7-11-16)18(24)13-12-17-14-20(21,22)19(25)23-17/h3,6-7,10-13,15,17-18,24H,2,4-5,8-9,14H2,1H3,(H,23,25)/b13-12+/t15-,17-,18-/m0/s1. The summed E-state index contributed by atoms with van der Waals surface area (Å²) in [6.45, 7) is 1.95. The van der Waals surface area contributed by atoms with Gasteiger partial charge in [-0.15, -0.1) is 0 Å². The Labute approximate surface area is 148 Å². The fourth-order valence-corrected chi connectivity index (χ4v) is 3.04. The largest absolute Gasteiger partial charge is 0.389 e. The summed E-state index contributed by atoms with van der Waals surface area (Å²) >= 11 is 0. The van der Waals surface area contributed by atoms with Gasteiger partial charge < -0.3 is 10.4 Å². The molecule has 0 spiro atoms. The SMILES string of the molecule is C[C@@H](CCCCCc1ccccc1)[C@@H](O)/C=C/[C@H]1CC(F)(F)C(=O)N1. The third kappa shape index (κ3) is 6.24. The minimum Gasteiger partial charge on any atom is -0.389 e. The summed E-state index contributed by atoms with van der Waals surface area (Å²) in [6, 6.07) is 9.66. The minimum atomic E-state index is -3.30. The molecule has 3 atom stereocenters. The van der Waals surface area contributed by atoms with Gasteiger partial charge in [-0.1, -0.05) is 62.2 Å². The monoisotopic (exact) mass is 351 g/mol. The molecule has 1 aromatic carbocycles. The summed E-state index contributed by atoms with van der Waals surface area (Å²) in [6.07, 6.45) is 6.98. The second kappa shape index (κ2) is 9.09. The maximum atomic E-state index is 13.1. The van der Waals surface area contributed by atoms with Crippen LogP contribution in [0.25, 0.3) is 0 Å². The molecule has 0 bridgehead atoms. The maximum Gasteiger partial charge on any atom is 0.326 e. The molecule has 25 heavy (non-hydrogen) atoms. The molecule has 1 heterocycles. The van der Waals surface area contributed by atoms with Crippen LogP contribution in [0.15, 0.2) is 42.5 Å². The third-order valence-corrected chi connectivity index (χ3v) is 4.72. The molecule has 0 saturated carbocycles. The van der Waals surface area contributed by atoms with Crippen LogP contribution in [0.3, 0.4) is 0 Å². The number of carbonyl (C=O) groups is 1. The number of alkyl halides is 2. The second-order valence-electron chi connectivity index (χ2n) is 6.93. The van der Waals surface area contributed by atoms with E-state index in [1.807, 2.05) is 25.1 Å². The number of unbranched alkanes of at least 4 members (excludes halogenated alkanes) is 2. The average Bonchev–Trinajstić information content (AvgIpc) is 2.85. The lowest BCUT2D eigenvalue weighted by Crippen LogP contribution is -2.30. The average molecular weight is 351 g/mol. The molecule has 3 nitrogen and oxygen atoms in total. The number of nitrogens with one attached hydrogen (secondary N) is 1. The molecule has 1 amide bonds. The first-order chi connectivity index (χ1) is 11.9. The van der Waals surface area contributed by atoms with E-state index in [-0.39, 0.29) is 5.92 Å². The smallest absolute Gasteiger partial charge is 0.326 e. The van der Waals surface area contributed by atoms with Gasteiger partial charge in [0.15, 0.2) is 0 Å². The fraction of sp³-hybridized carbons (Fsp3) is 0.550. The molecule has 0 aliphatic carbocycles. The molecular formula is C20H27F2NO2. The summed E-state index contributed by atoms with van der Waals surface area (Å²) in [7, 11) is 0. The minimum absolute atomic E-state index is 0.0607. The van der Waals surface area contributed by atoms with Gasteiger partial charge >= 0.3 is 5.92 Å². The lowest BCUT2D eigenvalue weighted by atomic mass is 9.95. The number of rotatable bonds is 9. The van der Waals surface area contributed by atoms with Gasteiger partial charge in [-0.25, -0.2) is 0 Å². The van der Waals surface area contributed by atoms with Crippen LogP contribution in [0.2, 0.25) is 0 Å². The molecule has 1 fully saturated rings. The summed E-state index contributed by atoms with van der Waals surface area (Å²) in [4.78, 5) is 11.0. The predicted octanol–water partition coefficient (Wildman–Crippen LogP) is 3.87. The lowest BCUT2D eigenvalue weighted by molar-refractivity contribution is -0.139. The van der Waals surface area contributed by atoms with Gasteiger partial charge in [0.05, 0.1) is 12.1 Å². The first-order valence-corrected chi connectivity index (χ1v) is 8.97. The van der Waals surface area contributed by atoms with Gasteiger partial charge in [-0.3, -0.25) is 4.79 Å². The quantitative estimate of drug-likeness (QED) is 0.524. The van der Waals surface area contributed by atoms with Crippen LogP contribution in [0.5, 0.6) is 0 Å². The van der Waals surface area contributed by atoms with Gasteiger partial charge in [-0.2, -0.15) is 8.78 Å². The van der Waals surface area contributed by atoms with Crippen LogP contribution in [0, 0.1) is 5.92 Å². The Morgan fingerprint density at radius 3 is 2.64 bits per heavy atom. The molecule has 2 rings (SSSR count).